The molecule has 0 spiro atoms. The fourth-order valence-corrected chi connectivity index (χ4v) is 1.99. The van der Waals surface area contributed by atoms with E-state index in [2.05, 4.69) is 15.5 Å². The summed E-state index contributed by atoms with van der Waals surface area (Å²) in [6.45, 7) is 1.84. The van der Waals surface area contributed by atoms with Gasteiger partial charge in [-0.05, 0) is 25.5 Å². The Morgan fingerprint density at radius 2 is 2.08 bits per heavy atom. The van der Waals surface area contributed by atoms with E-state index in [-0.39, 0.29) is 24.5 Å². The summed E-state index contributed by atoms with van der Waals surface area (Å²) in [6, 6.07) is 2.92. The number of pyridine rings is 1. The second-order valence-corrected chi connectivity index (χ2v) is 5.01. The van der Waals surface area contributed by atoms with Crippen LogP contribution in [0, 0.1) is 0 Å². The SMILES string of the molecule is CCOC(=O)CCCNC(=O)COC(=O)c1ccc2n[nH]c(=O)n2c1. The van der Waals surface area contributed by atoms with Crippen LogP contribution in [-0.4, -0.2) is 52.2 Å². The molecule has 0 radical (unpaired) electrons. The van der Waals surface area contributed by atoms with Gasteiger partial charge in [0.05, 0.1) is 12.2 Å². The third kappa shape index (κ3) is 5.16. The van der Waals surface area contributed by atoms with E-state index >= 15 is 0 Å². The van der Waals surface area contributed by atoms with Gasteiger partial charge in [0.1, 0.15) is 0 Å². The van der Waals surface area contributed by atoms with E-state index in [1.165, 1.54) is 18.3 Å². The molecule has 0 atom stereocenters. The van der Waals surface area contributed by atoms with Crippen LogP contribution in [-0.2, 0) is 19.1 Å². The van der Waals surface area contributed by atoms with Gasteiger partial charge in [0.25, 0.3) is 5.91 Å². The molecular weight excluding hydrogens is 332 g/mol. The van der Waals surface area contributed by atoms with E-state index in [0.717, 1.165) is 4.40 Å². The summed E-state index contributed by atoms with van der Waals surface area (Å²) in [7, 11) is 0. The van der Waals surface area contributed by atoms with Crippen LogP contribution in [0.25, 0.3) is 5.65 Å². The van der Waals surface area contributed by atoms with Crippen LogP contribution in [0.3, 0.4) is 0 Å². The first-order valence-electron chi connectivity index (χ1n) is 7.67. The molecule has 0 bridgehead atoms. The Kier molecular flexibility index (Phi) is 6.26. The Balaban J connectivity index is 1.75. The molecule has 0 unspecified atom stereocenters. The van der Waals surface area contributed by atoms with E-state index in [1.54, 1.807) is 6.92 Å². The van der Waals surface area contributed by atoms with Crippen molar-refractivity contribution in [3.63, 3.8) is 0 Å². The van der Waals surface area contributed by atoms with Gasteiger partial charge >= 0.3 is 17.6 Å². The quantitative estimate of drug-likeness (QED) is 0.491. The highest BCUT2D eigenvalue weighted by molar-refractivity contribution is 5.91. The number of esters is 2. The molecule has 2 aromatic rings. The first-order valence-corrected chi connectivity index (χ1v) is 7.67. The minimum atomic E-state index is -0.739. The van der Waals surface area contributed by atoms with E-state index in [9.17, 15) is 19.2 Å². The molecule has 0 fully saturated rings. The van der Waals surface area contributed by atoms with Gasteiger partial charge in [-0.15, -0.1) is 0 Å². The summed E-state index contributed by atoms with van der Waals surface area (Å²) in [5.41, 5.74) is -0.00371. The maximum Gasteiger partial charge on any atom is 0.347 e. The van der Waals surface area contributed by atoms with E-state index in [4.69, 9.17) is 9.47 Å². The molecule has 0 aromatic carbocycles. The smallest absolute Gasteiger partial charge is 0.347 e. The predicted molar refractivity (Wildman–Crippen MR) is 85.0 cm³/mol. The monoisotopic (exact) mass is 350 g/mol. The van der Waals surface area contributed by atoms with Gasteiger partial charge < -0.3 is 14.8 Å². The Bertz CT molecular complexity index is 825. The molecule has 2 rings (SSSR count). The largest absolute Gasteiger partial charge is 0.466 e. The van der Waals surface area contributed by atoms with Gasteiger partial charge in [0.15, 0.2) is 12.3 Å². The zero-order chi connectivity index (χ0) is 18.2. The zero-order valence-electron chi connectivity index (χ0n) is 13.6. The fourth-order valence-electron chi connectivity index (χ4n) is 1.99. The van der Waals surface area contributed by atoms with Gasteiger partial charge in [-0.3, -0.25) is 9.59 Å². The van der Waals surface area contributed by atoms with Crippen LogP contribution in [0.5, 0.6) is 0 Å². The lowest BCUT2D eigenvalue weighted by Gasteiger charge is -2.07. The number of fused-ring (bicyclic) bond motifs is 1. The summed E-state index contributed by atoms with van der Waals surface area (Å²) in [4.78, 5) is 46.1. The topological polar surface area (TPSA) is 132 Å². The number of carbonyl (C=O) groups excluding carboxylic acids is 3. The summed E-state index contributed by atoms with van der Waals surface area (Å²) in [5.74, 6) is -1.55. The molecule has 0 aliphatic heterocycles. The molecule has 2 N–H and O–H groups in total. The fraction of sp³-hybridized carbons (Fsp3) is 0.400. The van der Waals surface area contributed by atoms with Crippen LogP contribution in [0.4, 0.5) is 0 Å². The molecule has 0 aliphatic rings. The van der Waals surface area contributed by atoms with Crippen LogP contribution in [0.15, 0.2) is 23.1 Å². The van der Waals surface area contributed by atoms with Gasteiger partial charge in [-0.25, -0.2) is 19.1 Å². The van der Waals surface area contributed by atoms with Crippen molar-refractivity contribution in [1.29, 1.82) is 0 Å². The van der Waals surface area contributed by atoms with Crippen molar-refractivity contribution in [3.05, 3.63) is 34.4 Å². The highest BCUT2D eigenvalue weighted by Crippen LogP contribution is 2.03. The molecular formula is C15H18N4O6. The van der Waals surface area contributed by atoms with E-state index in [0.29, 0.717) is 18.7 Å². The molecule has 0 saturated carbocycles. The van der Waals surface area contributed by atoms with Crippen LogP contribution < -0.4 is 11.0 Å². The standard InChI is InChI=1S/C15H18N4O6/c1-2-24-13(21)4-3-7-16-12(20)9-25-14(22)10-5-6-11-17-18-15(23)19(11)8-10/h5-6,8H,2-4,7,9H2,1H3,(H,16,20)(H,18,23). The van der Waals surface area contributed by atoms with Gasteiger partial charge in [0, 0.05) is 19.2 Å². The van der Waals surface area contributed by atoms with Crippen molar-refractivity contribution in [2.45, 2.75) is 19.8 Å². The summed E-state index contributed by atoms with van der Waals surface area (Å²) >= 11 is 0. The summed E-state index contributed by atoms with van der Waals surface area (Å²) in [6.07, 6.45) is 1.91. The number of nitrogens with zero attached hydrogens (tertiary/aromatic N) is 2. The minimum Gasteiger partial charge on any atom is -0.466 e. The normalized spacial score (nSPS) is 10.4. The number of amides is 1. The number of hydrogen-bond acceptors (Lipinski definition) is 7. The van der Waals surface area contributed by atoms with Crippen LogP contribution in [0.2, 0.25) is 0 Å². The molecule has 0 saturated heterocycles. The van der Waals surface area contributed by atoms with Crippen molar-refractivity contribution in [2.75, 3.05) is 19.8 Å². The second kappa shape index (κ2) is 8.62. The molecule has 10 nitrogen and oxygen atoms in total. The zero-order valence-corrected chi connectivity index (χ0v) is 13.6. The second-order valence-electron chi connectivity index (χ2n) is 5.01. The van der Waals surface area contributed by atoms with E-state index < -0.39 is 24.2 Å². The third-order valence-electron chi connectivity index (χ3n) is 3.17. The molecule has 10 heteroatoms. The summed E-state index contributed by atoms with van der Waals surface area (Å²) in [5, 5.41) is 8.51. The van der Waals surface area contributed by atoms with Crippen molar-refractivity contribution in [1.82, 2.24) is 19.9 Å². The summed E-state index contributed by atoms with van der Waals surface area (Å²) < 4.78 is 10.8. The lowest BCUT2D eigenvalue weighted by Crippen LogP contribution is -2.30. The number of H-pyrrole nitrogens is 1. The third-order valence-corrected chi connectivity index (χ3v) is 3.17. The molecule has 0 aliphatic carbocycles. The average Bonchev–Trinajstić information content (AvgIpc) is 2.97. The average molecular weight is 350 g/mol. The van der Waals surface area contributed by atoms with Crippen molar-refractivity contribution in [2.24, 2.45) is 0 Å². The predicted octanol–water partition coefficient (Wildman–Crippen LogP) is -0.361. The maximum absolute atomic E-state index is 11.9. The maximum atomic E-state index is 11.9. The van der Waals surface area contributed by atoms with Crippen molar-refractivity contribution in [3.8, 4) is 0 Å². The molecule has 2 aromatic heterocycles. The number of carbonyl (C=O) groups is 3. The Hall–Kier alpha value is -3.17. The van der Waals surface area contributed by atoms with Crippen LogP contribution >= 0.6 is 0 Å². The number of aromatic amines is 1. The number of aromatic nitrogens is 3. The van der Waals surface area contributed by atoms with Gasteiger partial charge in [-0.2, -0.15) is 5.10 Å². The van der Waals surface area contributed by atoms with Crippen LogP contribution in [0.1, 0.15) is 30.1 Å². The minimum absolute atomic E-state index is 0.117. The lowest BCUT2D eigenvalue weighted by atomic mass is 10.3. The molecule has 25 heavy (non-hydrogen) atoms. The van der Waals surface area contributed by atoms with E-state index in [1.807, 2.05) is 0 Å². The Morgan fingerprint density at radius 1 is 1.28 bits per heavy atom. The molecule has 2 heterocycles. The van der Waals surface area contributed by atoms with Crippen molar-refractivity contribution < 1.29 is 23.9 Å². The highest BCUT2D eigenvalue weighted by atomic mass is 16.5. The number of ether oxygens (including phenoxy) is 2. The van der Waals surface area contributed by atoms with Gasteiger partial charge in [-0.1, -0.05) is 0 Å². The number of hydrogen-bond donors (Lipinski definition) is 2. The highest BCUT2D eigenvalue weighted by Gasteiger charge is 2.12. The first kappa shape index (κ1) is 18.2. The lowest BCUT2D eigenvalue weighted by molar-refractivity contribution is -0.143. The first-order chi connectivity index (χ1) is 12.0. The molecule has 134 valence electrons. The Morgan fingerprint density at radius 3 is 2.84 bits per heavy atom. The number of nitrogens with one attached hydrogen (secondary N) is 2. The van der Waals surface area contributed by atoms with Gasteiger partial charge in [0.2, 0.25) is 0 Å². The number of rotatable bonds is 8. The van der Waals surface area contributed by atoms with Crippen molar-refractivity contribution >= 4 is 23.5 Å². The molecule has 1 amide bonds. The Labute approximate surface area is 142 Å².